The number of carbonyl (C=O) groups is 1. The normalized spacial score (nSPS) is 19.0. The highest BCUT2D eigenvalue weighted by molar-refractivity contribution is 5.83. The molecule has 3 aromatic rings. The topological polar surface area (TPSA) is 40.5 Å². The maximum Gasteiger partial charge on any atom is 0.416 e. The fourth-order valence-electron chi connectivity index (χ4n) is 4.34. The highest BCUT2D eigenvalue weighted by Crippen LogP contribution is 2.37. The molecule has 0 aliphatic carbocycles. The van der Waals surface area contributed by atoms with Crippen LogP contribution < -0.4 is 0 Å². The molecule has 2 unspecified atom stereocenters. The van der Waals surface area contributed by atoms with Crippen molar-refractivity contribution < 1.29 is 23.1 Å². The van der Waals surface area contributed by atoms with E-state index in [1.807, 2.05) is 47.4 Å². The molecule has 0 radical (unpaired) electrons. The van der Waals surface area contributed by atoms with E-state index < -0.39 is 29.8 Å². The Labute approximate surface area is 172 Å². The largest absolute Gasteiger partial charge is 0.480 e. The van der Waals surface area contributed by atoms with E-state index in [1.165, 1.54) is 12.1 Å². The molecule has 0 amide bonds. The number of nitrogens with zero attached hydrogens (tertiary/aromatic N) is 1. The van der Waals surface area contributed by atoms with Crippen molar-refractivity contribution >= 4 is 16.7 Å². The molecule has 2 atom stereocenters. The second-order valence-electron chi connectivity index (χ2n) is 7.72. The van der Waals surface area contributed by atoms with E-state index in [0.717, 1.165) is 41.3 Å². The van der Waals surface area contributed by atoms with Crippen molar-refractivity contribution in [3.63, 3.8) is 0 Å². The average molecular weight is 413 g/mol. The van der Waals surface area contributed by atoms with Gasteiger partial charge in [-0.05, 0) is 59.5 Å². The first-order valence-electron chi connectivity index (χ1n) is 9.99. The van der Waals surface area contributed by atoms with Gasteiger partial charge in [0.15, 0.2) is 0 Å². The molecular formula is C24H22F3NO2. The van der Waals surface area contributed by atoms with Crippen molar-refractivity contribution in [1.82, 2.24) is 4.90 Å². The number of rotatable bonds is 4. The van der Waals surface area contributed by atoms with Gasteiger partial charge in [-0.3, -0.25) is 9.69 Å². The van der Waals surface area contributed by atoms with Gasteiger partial charge in [-0.1, -0.05) is 55.0 Å². The summed E-state index contributed by atoms with van der Waals surface area (Å²) in [5.41, 5.74) is 0.824. The van der Waals surface area contributed by atoms with Gasteiger partial charge in [0.25, 0.3) is 0 Å². The summed E-state index contributed by atoms with van der Waals surface area (Å²) in [6.07, 6.45) is -2.20. The van der Waals surface area contributed by atoms with Crippen molar-refractivity contribution in [3.8, 4) is 0 Å². The van der Waals surface area contributed by atoms with Gasteiger partial charge in [0.2, 0.25) is 0 Å². The summed E-state index contributed by atoms with van der Waals surface area (Å²) in [5.74, 6) is -0.896. The average Bonchev–Trinajstić information content (AvgIpc) is 2.74. The third-order valence-electron chi connectivity index (χ3n) is 5.80. The lowest BCUT2D eigenvalue weighted by atomic mass is 9.90. The Morgan fingerprint density at radius 1 is 0.933 bits per heavy atom. The van der Waals surface area contributed by atoms with E-state index in [1.54, 1.807) is 0 Å². The highest BCUT2D eigenvalue weighted by Gasteiger charge is 2.36. The molecule has 3 nitrogen and oxygen atoms in total. The van der Waals surface area contributed by atoms with Gasteiger partial charge in [0, 0.05) is 0 Å². The fraction of sp³-hybridized carbons (Fsp3) is 0.292. The summed E-state index contributed by atoms with van der Waals surface area (Å²) in [6.45, 7) is 0.579. The van der Waals surface area contributed by atoms with Crippen LogP contribution in [0.5, 0.6) is 0 Å². The van der Waals surface area contributed by atoms with Crippen molar-refractivity contribution in [1.29, 1.82) is 0 Å². The molecule has 156 valence electrons. The molecule has 0 saturated carbocycles. The Balaban J connectivity index is 1.82. The standard InChI is InChI=1S/C24H22F3NO2/c25-24(26,27)20-12-10-17(11-13-20)22(28-14-4-3-7-21(28)23(29)30)19-9-8-16-5-1-2-6-18(16)15-19/h1-2,5-6,8-13,15,21-22H,3-4,7,14H2,(H,29,30). The molecule has 1 heterocycles. The Morgan fingerprint density at radius 3 is 2.27 bits per heavy atom. The number of benzene rings is 3. The van der Waals surface area contributed by atoms with Crippen LogP contribution >= 0.6 is 0 Å². The molecule has 1 aliphatic heterocycles. The lowest BCUT2D eigenvalue weighted by molar-refractivity contribution is -0.145. The zero-order chi connectivity index (χ0) is 21.3. The predicted molar refractivity (Wildman–Crippen MR) is 109 cm³/mol. The molecule has 0 spiro atoms. The van der Waals surface area contributed by atoms with Crippen LogP contribution in [-0.2, 0) is 11.0 Å². The SMILES string of the molecule is O=C(O)C1CCCCN1C(c1ccc(C(F)(F)F)cc1)c1ccc2ccccc2c1. The highest BCUT2D eigenvalue weighted by atomic mass is 19.4. The number of piperidine rings is 1. The minimum atomic E-state index is -4.41. The van der Waals surface area contributed by atoms with E-state index in [-0.39, 0.29) is 0 Å². The molecule has 6 heteroatoms. The molecular weight excluding hydrogens is 391 g/mol. The van der Waals surface area contributed by atoms with Crippen LogP contribution in [0.3, 0.4) is 0 Å². The number of likely N-dealkylation sites (tertiary alicyclic amines) is 1. The predicted octanol–water partition coefficient (Wildman–Crippen LogP) is 5.89. The minimum Gasteiger partial charge on any atom is -0.480 e. The van der Waals surface area contributed by atoms with E-state index in [9.17, 15) is 23.1 Å². The van der Waals surface area contributed by atoms with Crippen molar-refractivity contribution in [3.05, 3.63) is 83.4 Å². The Morgan fingerprint density at radius 2 is 1.60 bits per heavy atom. The van der Waals surface area contributed by atoms with E-state index in [2.05, 4.69) is 0 Å². The molecule has 4 rings (SSSR count). The molecule has 30 heavy (non-hydrogen) atoms. The van der Waals surface area contributed by atoms with E-state index in [0.29, 0.717) is 18.5 Å². The number of hydrogen-bond acceptors (Lipinski definition) is 2. The quantitative estimate of drug-likeness (QED) is 0.580. The molecule has 0 aromatic heterocycles. The molecule has 1 N–H and O–H groups in total. The van der Waals surface area contributed by atoms with Crippen LogP contribution in [0.2, 0.25) is 0 Å². The summed E-state index contributed by atoms with van der Waals surface area (Å²) >= 11 is 0. The Bertz CT molecular complexity index is 1050. The summed E-state index contributed by atoms with van der Waals surface area (Å²) < 4.78 is 39.2. The number of halogens is 3. The van der Waals surface area contributed by atoms with E-state index in [4.69, 9.17) is 0 Å². The van der Waals surface area contributed by atoms with Gasteiger partial charge in [-0.2, -0.15) is 13.2 Å². The molecule has 0 bridgehead atoms. The van der Waals surface area contributed by atoms with Gasteiger partial charge in [0.1, 0.15) is 6.04 Å². The molecule has 1 aliphatic rings. The van der Waals surface area contributed by atoms with E-state index >= 15 is 0 Å². The van der Waals surface area contributed by atoms with Gasteiger partial charge in [0.05, 0.1) is 11.6 Å². The first-order chi connectivity index (χ1) is 14.3. The fourth-order valence-corrected chi connectivity index (χ4v) is 4.34. The molecule has 1 fully saturated rings. The second-order valence-corrected chi connectivity index (χ2v) is 7.72. The van der Waals surface area contributed by atoms with Gasteiger partial charge >= 0.3 is 12.1 Å². The second kappa shape index (κ2) is 8.11. The maximum atomic E-state index is 13.1. The van der Waals surface area contributed by atoms with Crippen molar-refractivity contribution in [2.75, 3.05) is 6.54 Å². The summed E-state index contributed by atoms with van der Waals surface area (Å²) in [7, 11) is 0. The Kier molecular flexibility index (Phi) is 5.52. The summed E-state index contributed by atoms with van der Waals surface area (Å²) in [5, 5.41) is 11.8. The lowest BCUT2D eigenvalue weighted by Gasteiger charge is -2.39. The number of hydrogen-bond donors (Lipinski definition) is 1. The number of alkyl halides is 3. The monoisotopic (exact) mass is 413 g/mol. The molecule has 1 saturated heterocycles. The first-order valence-corrected chi connectivity index (χ1v) is 9.99. The zero-order valence-electron chi connectivity index (χ0n) is 16.3. The van der Waals surface area contributed by atoms with Crippen LogP contribution in [0.1, 0.15) is 42.0 Å². The van der Waals surface area contributed by atoms with Crippen LogP contribution in [-0.4, -0.2) is 28.6 Å². The first kappa shape index (κ1) is 20.4. The zero-order valence-corrected chi connectivity index (χ0v) is 16.3. The summed E-state index contributed by atoms with van der Waals surface area (Å²) in [4.78, 5) is 13.9. The number of fused-ring (bicyclic) bond motifs is 1. The minimum absolute atomic E-state index is 0.432. The lowest BCUT2D eigenvalue weighted by Crippen LogP contribution is -2.46. The third-order valence-corrected chi connectivity index (χ3v) is 5.80. The Hall–Kier alpha value is -2.86. The number of carboxylic acid groups (broad SMARTS) is 1. The van der Waals surface area contributed by atoms with Crippen molar-refractivity contribution in [2.45, 2.75) is 37.5 Å². The van der Waals surface area contributed by atoms with Crippen LogP contribution in [0.4, 0.5) is 13.2 Å². The number of aliphatic carboxylic acids is 1. The molecule has 3 aromatic carbocycles. The van der Waals surface area contributed by atoms with Gasteiger partial charge in [-0.25, -0.2) is 0 Å². The third kappa shape index (κ3) is 4.05. The van der Waals surface area contributed by atoms with Crippen LogP contribution in [0.15, 0.2) is 66.7 Å². The maximum absolute atomic E-state index is 13.1. The van der Waals surface area contributed by atoms with Gasteiger partial charge < -0.3 is 5.11 Å². The van der Waals surface area contributed by atoms with Crippen molar-refractivity contribution in [2.24, 2.45) is 0 Å². The smallest absolute Gasteiger partial charge is 0.416 e. The van der Waals surface area contributed by atoms with Crippen LogP contribution in [0.25, 0.3) is 10.8 Å². The number of carboxylic acids is 1. The summed E-state index contributed by atoms with van der Waals surface area (Å²) in [6, 6.07) is 17.8. The van der Waals surface area contributed by atoms with Crippen LogP contribution in [0, 0.1) is 0 Å². The van der Waals surface area contributed by atoms with Gasteiger partial charge in [-0.15, -0.1) is 0 Å².